The average Bonchev–Trinajstić information content (AvgIpc) is 3.30. The number of nitrogens with zero attached hydrogens (tertiary/aromatic N) is 4. The van der Waals surface area contributed by atoms with Gasteiger partial charge >= 0.3 is 6.01 Å². The van der Waals surface area contributed by atoms with Gasteiger partial charge in [-0.15, -0.1) is 5.10 Å². The first kappa shape index (κ1) is 16.5. The summed E-state index contributed by atoms with van der Waals surface area (Å²) in [5, 5.41) is 14.4. The average molecular weight is 343 g/mol. The molecule has 0 saturated heterocycles. The number of hydrogen-bond acceptors (Lipinski definition) is 7. The van der Waals surface area contributed by atoms with E-state index in [0.29, 0.717) is 23.6 Å². The van der Waals surface area contributed by atoms with Crippen LogP contribution < -0.4 is 14.8 Å². The highest BCUT2D eigenvalue weighted by molar-refractivity contribution is 6.01. The van der Waals surface area contributed by atoms with Gasteiger partial charge < -0.3 is 13.9 Å². The summed E-state index contributed by atoms with van der Waals surface area (Å²) in [6.07, 6.45) is 1.72. The molecule has 0 saturated carbocycles. The number of nitrogens with one attached hydrogen (secondary N) is 1. The first-order valence-electron chi connectivity index (χ1n) is 7.55. The number of aryl methyl sites for hydroxylation is 1. The SMILES string of the molecule is CCn1ccc(C(=O)Nc2nnc(-c3cc(OC)ccc3OC)o2)n1. The number of rotatable bonds is 6. The van der Waals surface area contributed by atoms with Crippen molar-refractivity contribution in [2.45, 2.75) is 13.5 Å². The fraction of sp³-hybridized carbons (Fsp3) is 0.250. The number of hydrogen-bond donors (Lipinski definition) is 1. The molecule has 1 aromatic carbocycles. The van der Waals surface area contributed by atoms with Crippen LogP contribution in [0, 0.1) is 0 Å². The Morgan fingerprint density at radius 3 is 2.76 bits per heavy atom. The lowest BCUT2D eigenvalue weighted by molar-refractivity contribution is 0.101. The van der Waals surface area contributed by atoms with Crippen LogP contribution in [-0.4, -0.2) is 40.1 Å². The zero-order valence-electron chi connectivity index (χ0n) is 14.0. The standard InChI is InChI=1S/C16H17N5O4/c1-4-21-8-7-12(20-21)14(22)17-16-19-18-15(25-16)11-9-10(23-2)5-6-13(11)24-3/h5-9H,4H2,1-3H3,(H,17,19,22). The summed E-state index contributed by atoms with van der Waals surface area (Å²) in [5.41, 5.74) is 0.825. The number of anilines is 1. The van der Waals surface area contributed by atoms with Gasteiger partial charge in [0.2, 0.25) is 0 Å². The number of ether oxygens (including phenoxy) is 2. The highest BCUT2D eigenvalue weighted by atomic mass is 16.5. The van der Waals surface area contributed by atoms with E-state index in [1.165, 1.54) is 7.11 Å². The Labute approximate surface area is 143 Å². The van der Waals surface area contributed by atoms with Crippen LogP contribution in [0.15, 0.2) is 34.9 Å². The second kappa shape index (κ2) is 7.04. The minimum absolute atomic E-state index is 0.0316. The van der Waals surface area contributed by atoms with Crippen LogP contribution in [-0.2, 0) is 6.54 Å². The van der Waals surface area contributed by atoms with E-state index in [-0.39, 0.29) is 17.6 Å². The van der Waals surface area contributed by atoms with Crippen molar-refractivity contribution in [3.8, 4) is 23.0 Å². The van der Waals surface area contributed by atoms with Crippen LogP contribution in [0.3, 0.4) is 0 Å². The molecule has 0 aliphatic heterocycles. The molecular weight excluding hydrogens is 326 g/mol. The quantitative estimate of drug-likeness (QED) is 0.731. The van der Waals surface area contributed by atoms with E-state index in [1.54, 1.807) is 42.3 Å². The molecule has 1 N–H and O–H groups in total. The largest absolute Gasteiger partial charge is 0.497 e. The number of benzene rings is 1. The van der Waals surface area contributed by atoms with Crippen molar-refractivity contribution < 1.29 is 18.7 Å². The topological polar surface area (TPSA) is 104 Å². The van der Waals surface area contributed by atoms with E-state index in [1.807, 2.05) is 6.92 Å². The van der Waals surface area contributed by atoms with Gasteiger partial charge in [0.25, 0.3) is 11.8 Å². The zero-order valence-corrected chi connectivity index (χ0v) is 14.0. The molecule has 1 amide bonds. The smallest absolute Gasteiger partial charge is 0.322 e. The summed E-state index contributed by atoms with van der Waals surface area (Å²) in [4.78, 5) is 12.2. The lowest BCUT2D eigenvalue weighted by Crippen LogP contribution is -2.13. The van der Waals surface area contributed by atoms with Gasteiger partial charge in [0.05, 0.1) is 19.8 Å². The molecule has 9 nitrogen and oxygen atoms in total. The Kier molecular flexibility index (Phi) is 4.64. The summed E-state index contributed by atoms with van der Waals surface area (Å²) < 4.78 is 17.6. The molecule has 2 heterocycles. The number of amides is 1. The van der Waals surface area contributed by atoms with Crippen LogP contribution in [0.2, 0.25) is 0 Å². The molecule has 0 spiro atoms. The van der Waals surface area contributed by atoms with Crippen molar-refractivity contribution in [2.24, 2.45) is 0 Å². The number of carbonyl (C=O) groups is 1. The lowest BCUT2D eigenvalue weighted by atomic mass is 10.2. The minimum atomic E-state index is -0.431. The fourth-order valence-electron chi connectivity index (χ4n) is 2.18. The highest BCUT2D eigenvalue weighted by Gasteiger charge is 2.17. The summed E-state index contributed by atoms with van der Waals surface area (Å²) >= 11 is 0. The number of methoxy groups -OCH3 is 2. The Hall–Kier alpha value is -3.36. The first-order chi connectivity index (χ1) is 12.1. The van der Waals surface area contributed by atoms with Crippen molar-refractivity contribution in [1.29, 1.82) is 0 Å². The van der Waals surface area contributed by atoms with Crippen molar-refractivity contribution in [3.05, 3.63) is 36.2 Å². The lowest BCUT2D eigenvalue weighted by Gasteiger charge is -2.07. The third kappa shape index (κ3) is 3.44. The Morgan fingerprint density at radius 1 is 1.24 bits per heavy atom. The van der Waals surface area contributed by atoms with Crippen LogP contribution in [0.5, 0.6) is 11.5 Å². The summed E-state index contributed by atoms with van der Waals surface area (Å²) in [7, 11) is 3.09. The zero-order chi connectivity index (χ0) is 17.8. The van der Waals surface area contributed by atoms with Gasteiger partial charge in [-0.2, -0.15) is 5.10 Å². The number of aromatic nitrogens is 4. The molecule has 0 unspecified atom stereocenters. The third-order valence-corrected chi connectivity index (χ3v) is 3.48. The number of carbonyl (C=O) groups excluding carboxylic acids is 1. The minimum Gasteiger partial charge on any atom is -0.497 e. The van der Waals surface area contributed by atoms with Crippen LogP contribution in [0.1, 0.15) is 17.4 Å². The molecule has 3 aromatic rings. The molecule has 130 valence electrons. The molecule has 25 heavy (non-hydrogen) atoms. The van der Waals surface area contributed by atoms with Crippen LogP contribution in [0.4, 0.5) is 6.01 Å². The van der Waals surface area contributed by atoms with Crippen molar-refractivity contribution in [2.75, 3.05) is 19.5 Å². The van der Waals surface area contributed by atoms with Gasteiger partial charge in [0.1, 0.15) is 11.5 Å². The Bertz CT molecular complexity index is 886. The second-order valence-electron chi connectivity index (χ2n) is 4.99. The van der Waals surface area contributed by atoms with Crippen molar-refractivity contribution in [3.63, 3.8) is 0 Å². The maximum absolute atomic E-state index is 12.2. The summed E-state index contributed by atoms with van der Waals surface area (Å²) in [6, 6.07) is 6.78. The molecule has 0 aliphatic rings. The van der Waals surface area contributed by atoms with Gasteiger partial charge in [-0.05, 0) is 31.2 Å². The molecule has 2 aromatic heterocycles. The van der Waals surface area contributed by atoms with Gasteiger partial charge in [-0.1, -0.05) is 5.10 Å². The summed E-state index contributed by atoms with van der Waals surface area (Å²) in [5.74, 6) is 0.929. The molecule has 0 fully saturated rings. The molecular formula is C16H17N5O4. The monoisotopic (exact) mass is 343 g/mol. The normalized spacial score (nSPS) is 10.5. The van der Waals surface area contributed by atoms with Gasteiger partial charge in [-0.3, -0.25) is 14.8 Å². The van der Waals surface area contributed by atoms with Gasteiger partial charge in [-0.25, -0.2) is 0 Å². The molecule has 9 heteroatoms. The van der Waals surface area contributed by atoms with E-state index in [2.05, 4.69) is 20.6 Å². The summed E-state index contributed by atoms with van der Waals surface area (Å²) in [6.45, 7) is 2.61. The molecule has 0 radical (unpaired) electrons. The highest BCUT2D eigenvalue weighted by Crippen LogP contribution is 2.33. The Balaban J connectivity index is 1.81. The van der Waals surface area contributed by atoms with Gasteiger partial charge in [0.15, 0.2) is 5.69 Å². The Morgan fingerprint density at radius 2 is 2.08 bits per heavy atom. The van der Waals surface area contributed by atoms with E-state index in [4.69, 9.17) is 13.9 Å². The molecule has 0 aliphatic carbocycles. The fourth-order valence-corrected chi connectivity index (χ4v) is 2.18. The first-order valence-corrected chi connectivity index (χ1v) is 7.55. The van der Waals surface area contributed by atoms with Crippen LogP contribution in [0.25, 0.3) is 11.5 Å². The molecule has 0 bridgehead atoms. The van der Waals surface area contributed by atoms with Crippen molar-refractivity contribution in [1.82, 2.24) is 20.0 Å². The van der Waals surface area contributed by atoms with E-state index in [9.17, 15) is 4.79 Å². The molecule has 3 rings (SSSR count). The van der Waals surface area contributed by atoms with E-state index in [0.717, 1.165) is 0 Å². The van der Waals surface area contributed by atoms with E-state index >= 15 is 0 Å². The third-order valence-electron chi connectivity index (χ3n) is 3.48. The maximum Gasteiger partial charge on any atom is 0.322 e. The van der Waals surface area contributed by atoms with E-state index < -0.39 is 5.91 Å². The second-order valence-corrected chi connectivity index (χ2v) is 4.99. The van der Waals surface area contributed by atoms with Gasteiger partial charge in [0, 0.05) is 12.7 Å². The molecule has 0 atom stereocenters. The van der Waals surface area contributed by atoms with Crippen molar-refractivity contribution >= 4 is 11.9 Å². The maximum atomic E-state index is 12.2. The predicted molar refractivity (Wildman–Crippen MR) is 88.7 cm³/mol. The van der Waals surface area contributed by atoms with Crippen LogP contribution >= 0.6 is 0 Å². The predicted octanol–water partition coefficient (Wildman–Crippen LogP) is 2.22.